The highest BCUT2D eigenvalue weighted by molar-refractivity contribution is 5.86. The van der Waals surface area contributed by atoms with Crippen LogP contribution in [0.15, 0.2) is 60.7 Å². The van der Waals surface area contributed by atoms with Gasteiger partial charge in [0.25, 0.3) is 0 Å². The Balaban J connectivity index is 1.98. The van der Waals surface area contributed by atoms with Crippen LogP contribution >= 0.6 is 0 Å². The van der Waals surface area contributed by atoms with Gasteiger partial charge in [-0.1, -0.05) is 60.2 Å². The summed E-state index contributed by atoms with van der Waals surface area (Å²) in [6.45, 7) is 2.03. The molecule has 0 radical (unpaired) electrons. The Labute approximate surface area is 123 Å². The predicted octanol–water partition coefficient (Wildman–Crippen LogP) is 4.56. The zero-order chi connectivity index (χ0) is 14.8. The first-order chi connectivity index (χ1) is 10.1. The Morgan fingerprint density at radius 3 is 2.48 bits per heavy atom. The second-order valence-electron chi connectivity index (χ2n) is 5.39. The van der Waals surface area contributed by atoms with Gasteiger partial charge in [0.15, 0.2) is 0 Å². The van der Waals surface area contributed by atoms with Crippen LogP contribution in [0.25, 0.3) is 10.8 Å². The van der Waals surface area contributed by atoms with Crippen molar-refractivity contribution in [2.24, 2.45) is 0 Å². The molecule has 1 N–H and O–H groups in total. The first-order valence-corrected chi connectivity index (χ1v) is 7.06. The van der Waals surface area contributed by atoms with Crippen molar-refractivity contribution >= 4 is 10.8 Å². The lowest BCUT2D eigenvalue weighted by atomic mass is 9.95. The lowest BCUT2D eigenvalue weighted by Crippen LogP contribution is -2.03. The lowest BCUT2D eigenvalue weighted by molar-refractivity contribution is 0.180. The van der Waals surface area contributed by atoms with Crippen molar-refractivity contribution in [3.63, 3.8) is 0 Å². The van der Waals surface area contributed by atoms with Crippen LogP contribution in [0.3, 0.4) is 0 Å². The average Bonchev–Trinajstić information content (AvgIpc) is 2.48. The summed E-state index contributed by atoms with van der Waals surface area (Å²) in [4.78, 5) is 0. The van der Waals surface area contributed by atoms with E-state index in [-0.39, 0.29) is 5.82 Å². The van der Waals surface area contributed by atoms with Crippen LogP contribution in [-0.4, -0.2) is 5.11 Å². The molecule has 0 spiro atoms. The molecule has 3 aromatic rings. The van der Waals surface area contributed by atoms with Crippen molar-refractivity contribution in [2.45, 2.75) is 19.4 Å². The van der Waals surface area contributed by atoms with Gasteiger partial charge in [0.2, 0.25) is 0 Å². The number of rotatable bonds is 3. The van der Waals surface area contributed by atoms with E-state index in [1.54, 1.807) is 12.1 Å². The number of aliphatic hydroxyl groups excluding tert-OH is 1. The number of halogens is 1. The van der Waals surface area contributed by atoms with Gasteiger partial charge in [0, 0.05) is 11.8 Å². The molecule has 0 saturated carbocycles. The second kappa shape index (κ2) is 5.66. The smallest absolute Gasteiger partial charge is 0.131 e. The van der Waals surface area contributed by atoms with Gasteiger partial charge in [-0.3, -0.25) is 0 Å². The molecule has 3 rings (SSSR count). The van der Waals surface area contributed by atoms with Gasteiger partial charge in [0.05, 0.1) is 6.10 Å². The molecule has 106 valence electrons. The van der Waals surface area contributed by atoms with Crippen LogP contribution in [0, 0.1) is 12.7 Å². The molecule has 0 amide bonds. The van der Waals surface area contributed by atoms with Crippen LogP contribution < -0.4 is 0 Å². The summed E-state index contributed by atoms with van der Waals surface area (Å²) in [5.41, 5.74) is 3.02. The van der Waals surface area contributed by atoms with Gasteiger partial charge in [-0.15, -0.1) is 0 Å². The molecule has 0 aliphatic rings. The van der Waals surface area contributed by atoms with E-state index in [1.165, 1.54) is 11.6 Å². The molecule has 0 saturated heterocycles. The minimum atomic E-state index is -0.641. The first kappa shape index (κ1) is 13.8. The van der Waals surface area contributed by atoms with E-state index in [2.05, 4.69) is 6.07 Å². The van der Waals surface area contributed by atoms with Crippen molar-refractivity contribution in [3.8, 4) is 0 Å². The van der Waals surface area contributed by atoms with E-state index in [0.717, 1.165) is 16.5 Å². The molecule has 1 nitrogen and oxygen atoms in total. The molecule has 0 heterocycles. The molecular weight excluding hydrogens is 263 g/mol. The van der Waals surface area contributed by atoms with Crippen LogP contribution in [0.2, 0.25) is 0 Å². The predicted molar refractivity (Wildman–Crippen MR) is 83.7 cm³/mol. The van der Waals surface area contributed by atoms with Gasteiger partial charge >= 0.3 is 0 Å². The summed E-state index contributed by atoms with van der Waals surface area (Å²) in [6, 6.07) is 18.5. The normalized spacial score (nSPS) is 12.5. The molecule has 3 aromatic carbocycles. The first-order valence-electron chi connectivity index (χ1n) is 7.06. The standard InChI is InChI=1S/C19H17FO/c1-13-5-4-6-14(11-13)12-19(21)17-9-10-18(20)16-8-3-2-7-15(16)17/h2-11,19,21H,12H2,1H3. The third kappa shape index (κ3) is 2.81. The molecule has 0 aliphatic heterocycles. The second-order valence-corrected chi connectivity index (χ2v) is 5.39. The molecule has 1 unspecified atom stereocenters. The molecule has 2 heteroatoms. The van der Waals surface area contributed by atoms with Crippen molar-refractivity contribution in [2.75, 3.05) is 0 Å². The highest BCUT2D eigenvalue weighted by Crippen LogP contribution is 2.28. The third-order valence-corrected chi connectivity index (χ3v) is 3.78. The summed E-state index contributed by atoms with van der Waals surface area (Å²) in [7, 11) is 0. The molecule has 0 bridgehead atoms. The van der Waals surface area contributed by atoms with E-state index >= 15 is 0 Å². The summed E-state index contributed by atoms with van der Waals surface area (Å²) in [5, 5.41) is 11.9. The van der Waals surface area contributed by atoms with Gasteiger partial charge in [-0.25, -0.2) is 4.39 Å². The van der Waals surface area contributed by atoms with Crippen molar-refractivity contribution < 1.29 is 9.50 Å². The fraction of sp³-hybridized carbons (Fsp3) is 0.158. The van der Waals surface area contributed by atoms with E-state index in [4.69, 9.17) is 0 Å². The number of aryl methyl sites for hydroxylation is 1. The minimum absolute atomic E-state index is 0.253. The van der Waals surface area contributed by atoms with Gasteiger partial charge in [-0.2, -0.15) is 0 Å². The SMILES string of the molecule is Cc1cccc(CC(O)c2ccc(F)c3ccccc23)c1. The quantitative estimate of drug-likeness (QED) is 0.745. The zero-order valence-corrected chi connectivity index (χ0v) is 11.9. The Morgan fingerprint density at radius 1 is 0.952 bits per heavy atom. The number of benzene rings is 3. The van der Waals surface area contributed by atoms with E-state index in [1.807, 2.05) is 43.3 Å². The summed E-state index contributed by atoms with van der Waals surface area (Å²) in [5.74, 6) is -0.253. The number of hydrogen-bond acceptors (Lipinski definition) is 1. The maximum absolute atomic E-state index is 13.8. The molecule has 1 atom stereocenters. The highest BCUT2D eigenvalue weighted by atomic mass is 19.1. The molecule has 0 aliphatic carbocycles. The highest BCUT2D eigenvalue weighted by Gasteiger charge is 2.13. The minimum Gasteiger partial charge on any atom is -0.388 e. The lowest BCUT2D eigenvalue weighted by Gasteiger charge is -2.14. The molecule has 21 heavy (non-hydrogen) atoms. The number of hydrogen-bond donors (Lipinski definition) is 1. The maximum atomic E-state index is 13.8. The van der Waals surface area contributed by atoms with Gasteiger partial charge in [0.1, 0.15) is 5.82 Å². The number of fused-ring (bicyclic) bond motifs is 1. The largest absolute Gasteiger partial charge is 0.388 e. The Kier molecular flexibility index (Phi) is 3.72. The van der Waals surface area contributed by atoms with Crippen molar-refractivity contribution in [1.29, 1.82) is 0 Å². The van der Waals surface area contributed by atoms with Crippen LogP contribution in [0.1, 0.15) is 22.8 Å². The zero-order valence-electron chi connectivity index (χ0n) is 11.9. The maximum Gasteiger partial charge on any atom is 0.131 e. The van der Waals surface area contributed by atoms with Gasteiger partial charge in [-0.05, 0) is 29.5 Å². The third-order valence-electron chi connectivity index (χ3n) is 3.78. The fourth-order valence-corrected chi connectivity index (χ4v) is 2.75. The summed E-state index contributed by atoms with van der Waals surface area (Å²) >= 11 is 0. The van der Waals surface area contributed by atoms with Gasteiger partial charge < -0.3 is 5.11 Å². The Hall–Kier alpha value is -2.19. The average molecular weight is 280 g/mol. The topological polar surface area (TPSA) is 20.2 Å². The monoisotopic (exact) mass is 280 g/mol. The fourth-order valence-electron chi connectivity index (χ4n) is 2.75. The Bertz CT molecular complexity index is 779. The Morgan fingerprint density at radius 2 is 1.71 bits per heavy atom. The van der Waals surface area contributed by atoms with E-state index in [0.29, 0.717) is 11.8 Å². The summed E-state index contributed by atoms with van der Waals surface area (Å²) < 4.78 is 13.8. The van der Waals surface area contributed by atoms with E-state index < -0.39 is 6.10 Å². The van der Waals surface area contributed by atoms with Crippen molar-refractivity contribution in [3.05, 3.63) is 83.2 Å². The van der Waals surface area contributed by atoms with Crippen LogP contribution in [-0.2, 0) is 6.42 Å². The van der Waals surface area contributed by atoms with Crippen molar-refractivity contribution in [1.82, 2.24) is 0 Å². The summed E-state index contributed by atoms with van der Waals surface area (Å²) in [6.07, 6.45) is -0.116. The molecule has 0 aromatic heterocycles. The van der Waals surface area contributed by atoms with Crippen LogP contribution in [0.5, 0.6) is 0 Å². The number of aliphatic hydroxyl groups is 1. The van der Waals surface area contributed by atoms with Crippen LogP contribution in [0.4, 0.5) is 4.39 Å². The molecule has 0 fully saturated rings. The molecular formula is C19H17FO. The van der Waals surface area contributed by atoms with E-state index in [9.17, 15) is 9.50 Å².